The smallest absolute Gasteiger partial charge is 0.262 e. The van der Waals surface area contributed by atoms with Crippen LogP contribution in [-0.2, 0) is 20.9 Å². The molecule has 3 aliphatic rings. The van der Waals surface area contributed by atoms with E-state index < -0.39 is 29.7 Å². The Labute approximate surface area is 381 Å². The van der Waals surface area contributed by atoms with Gasteiger partial charge in [-0.3, -0.25) is 39.6 Å². The van der Waals surface area contributed by atoms with Gasteiger partial charge in [0.1, 0.15) is 22.9 Å². The number of carbonyl (C=O) groups is 5. The van der Waals surface area contributed by atoms with Crippen LogP contribution in [0.3, 0.4) is 0 Å². The number of aliphatic hydroxyl groups excluding tert-OH is 1. The molecule has 4 aromatic carbocycles. The summed E-state index contributed by atoms with van der Waals surface area (Å²) < 4.78 is 9.85. The van der Waals surface area contributed by atoms with Crippen molar-refractivity contribution in [3.8, 4) is 40.0 Å². The standard InChI is InChI=1S/C52H49N7O7/c53-48-46-45(35-15-6-3-7-16-35)47(36-17-8-4-9-18-36)57(49(46)55-32-58(48)37-19-21-38(60)22-20-37)30-34-14-11-13-33(28-34)12-5-1-2-10-27-54-44(62)31-66-39-23-24-40-41(29-39)52(65)59(51(40)64)42-25-26-43(61)56-50(42)63/h3-4,6-9,11,13-18,23-24,28-29,32,37-38,42,53,60H,1-2,10,19-22,25-27,30-31H2,(H,54,62)(H,56,61,63). The second-order valence-electron chi connectivity index (χ2n) is 17.0. The largest absolute Gasteiger partial charge is 0.484 e. The first-order valence-corrected chi connectivity index (χ1v) is 22.4. The molecule has 66 heavy (non-hydrogen) atoms. The number of unbranched alkanes of at least 4 members (excludes halogenated alkanes) is 2. The molecule has 14 nitrogen and oxygen atoms in total. The van der Waals surface area contributed by atoms with Crippen LogP contribution < -0.4 is 20.9 Å². The molecule has 1 atom stereocenters. The van der Waals surface area contributed by atoms with Crippen molar-refractivity contribution in [3.05, 3.63) is 137 Å². The van der Waals surface area contributed by atoms with Gasteiger partial charge >= 0.3 is 0 Å². The Hall–Kier alpha value is -7.63. The highest BCUT2D eigenvalue weighted by atomic mass is 16.5. The number of ether oxygens (including phenoxy) is 1. The van der Waals surface area contributed by atoms with E-state index in [1.54, 1.807) is 6.33 Å². The first-order valence-electron chi connectivity index (χ1n) is 22.4. The van der Waals surface area contributed by atoms with Crippen LogP contribution in [-0.4, -0.2) is 79.0 Å². The van der Waals surface area contributed by atoms with Gasteiger partial charge in [0, 0.05) is 43.1 Å². The molecule has 5 amide bonds. The van der Waals surface area contributed by atoms with Gasteiger partial charge in [-0.25, -0.2) is 4.98 Å². The number of rotatable bonds is 13. The number of nitrogens with zero attached hydrogens (tertiary/aromatic N) is 4. The number of carbonyl (C=O) groups excluding carboxylic acids is 5. The summed E-state index contributed by atoms with van der Waals surface area (Å²) in [7, 11) is 0. The first kappa shape index (κ1) is 43.6. The molecule has 14 heteroatoms. The van der Waals surface area contributed by atoms with Crippen LogP contribution in [0.15, 0.2) is 109 Å². The molecule has 0 bridgehead atoms. The van der Waals surface area contributed by atoms with E-state index in [4.69, 9.17) is 9.72 Å². The number of amides is 5. The topological polar surface area (TPSA) is 189 Å². The van der Waals surface area contributed by atoms with Crippen molar-refractivity contribution < 1.29 is 33.8 Å². The van der Waals surface area contributed by atoms with Gasteiger partial charge in [0.25, 0.3) is 17.7 Å². The second-order valence-corrected chi connectivity index (χ2v) is 17.0. The Bertz CT molecular complexity index is 2980. The van der Waals surface area contributed by atoms with Crippen molar-refractivity contribution in [1.29, 1.82) is 5.41 Å². The molecule has 1 saturated heterocycles. The molecule has 1 aliphatic carbocycles. The summed E-state index contributed by atoms with van der Waals surface area (Å²) in [5, 5.41) is 25.7. The number of aromatic nitrogens is 3. The number of imide groups is 2. The van der Waals surface area contributed by atoms with Crippen molar-refractivity contribution in [1.82, 2.24) is 29.7 Å². The van der Waals surface area contributed by atoms with Gasteiger partial charge in [-0.05, 0) is 92.0 Å². The molecule has 4 heterocycles. The fraction of sp³-hybridized carbons (Fsp3) is 0.288. The highest BCUT2D eigenvalue weighted by molar-refractivity contribution is 6.23. The van der Waals surface area contributed by atoms with Gasteiger partial charge in [-0.2, -0.15) is 0 Å². The fourth-order valence-corrected chi connectivity index (χ4v) is 9.22. The van der Waals surface area contributed by atoms with Crippen LogP contribution in [0.5, 0.6) is 5.75 Å². The van der Waals surface area contributed by atoms with Gasteiger partial charge in [0.2, 0.25) is 11.8 Å². The van der Waals surface area contributed by atoms with E-state index >= 15 is 0 Å². The Morgan fingerprint density at radius 3 is 2.35 bits per heavy atom. The van der Waals surface area contributed by atoms with Crippen LogP contribution >= 0.6 is 0 Å². The second kappa shape index (κ2) is 19.2. The predicted octanol–water partition coefficient (Wildman–Crippen LogP) is 6.29. The summed E-state index contributed by atoms with van der Waals surface area (Å²) in [5.41, 5.74) is 7.27. The molecule has 0 spiro atoms. The zero-order chi connectivity index (χ0) is 45.7. The summed E-state index contributed by atoms with van der Waals surface area (Å²) in [6, 6.07) is 32.0. The normalized spacial score (nSPS) is 18.1. The lowest BCUT2D eigenvalue weighted by Crippen LogP contribution is -2.54. The number of hydrogen-bond acceptors (Lipinski definition) is 9. The third-order valence-electron chi connectivity index (χ3n) is 12.5. The third-order valence-corrected chi connectivity index (χ3v) is 12.5. The number of aliphatic hydroxyl groups is 1. The number of piperidine rings is 1. The van der Waals surface area contributed by atoms with Gasteiger partial charge in [-0.1, -0.05) is 84.6 Å². The van der Waals surface area contributed by atoms with Crippen LogP contribution in [0.4, 0.5) is 0 Å². The molecular weight excluding hydrogens is 835 g/mol. The van der Waals surface area contributed by atoms with Crippen molar-refractivity contribution >= 4 is 40.6 Å². The zero-order valence-corrected chi connectivity index (χ0v) is 36.3. The molecule has 334 valence electrons. The quantitative estimate of drug-likeness (QED) is 0.0591. The molecule has 4 N–H and O–H groups in total. The van der Waals surface area contributed by atoms with Crippen molar-refractivity contribution in [2.24, 2.45) is 0 Å². The van der Waals surface area contributed by atoms with Crippen LogP contribution in [0.2, 0.25) is 0 Å². The summed E-state index contributed by atoms with van der Waals surface area (Å²) in [5.74, 6) is 4.09. The first-order chi connectivity index (χ1) is 32.1. The molecule has 2 fully saturated rings. The number of benzene rings is 4. The van der Waals surface area contributed by atoms with E-state index in [0.717, 1.165) is 68.7 Å². The monoisotopic (exact) mass is 883 g/mol. The van der Waals surface area contributed by atoms with Gasteiger partial charge < -0.3 is 24.3 Å². The Kier molecular flexibility index (Phi) is 12.7. The molecule has 6 aromatic rings. The van der Waals surface area contributed by atoms with E-state index in [1.165, 1.54) is 18.2 Å². The average molecular weight is 884 g/mol. The minimum atomic E-state index is -1.07. The third kappa shape index (κ3) is 9.03. The van der Waals surface area contributed by atoms with Crippen LogP contribution in [0.1, 0.15) is 95.7 Å². The fourth-order valence-electron chi connectivity index (χ4n) is 9.22. The Balaban J connectivity index is 0.827. The lowest BCUT2D eigenvalue weighted by Gasteiger charge is -2.27. The number of fused-ring (bicyclic) bond motifs is 2. The van der Waals surface area contributed by atoms with Gasteiger partial charge in [0.05, 0.1) is 34.6 Å². The molecule has 9 rings (SSSR count). The maximum atomic E-state index is 13.1. The number of nitrogens with one attached hydrogen (secondary N) is 3. The number of hydrogen-bond donors (Lipinski definition) is 4. The minimum absolute atomic E-state index is 0.0285. The lowest BCUT2D eigenvalue weighted by atomic mass is 9.93. The van der Waals surface area contributed by atoms with Gasteiger partial charge in [-0.15, -0.1) is 0 Å². The van der Waals surface area contributed by atoms with E-state index in [9.17, 15) is 34.5 Å². The average Bonchev–Trinajstić information content (AvgIpc) is 3.79. The highest BCUT2D eigenvalue weighted by Crippen LogP contribution is 2.40. The molecule has 0 radical (unpaired) electrons. The SMILES string of the molecule is N=c1c2c(-c3ccccc3)c(-c3ccccc3)n(Cc3cccc(C#CCCCCNC(=O)COc4ccc5c(c4)C(=O)N(C4CCC(=O)NC4=O)C5=O)c3)c2ncn1C1CCC(O)CC1. The van der Waals surface area contributed by atoms with Crippen molar-refractivity contribution in [2.45, 2.75) is 82.5 Å². The highest BCUT2D eigenvalue weighted by Gasteiger charge is 2.44. The Morgan fingerprint density at radius 1 is 0.848 bits per heavy atom. The maximum Gasteiger partial charge on any atom is 0.262 e. The zero-order valence-electron chi connectivity index (χ0n) is 36.3. The minimum Gasteiger partial charge on any atom is -0.484 e. The van der Waals surface area contributed by atoms with E-state index in [-0.39, 0.29) is 54.4 Å². The molecule has 1 unspecified atom stereocenters. The predicted molar refractivity (Wildman–Crippen MR) is 246 cm³/mol. The summed E-state index contributed by atoms with van der Waals surface area (Å²) in [4.78, 5) is 68.6. The molecule has 1 saturated carbocycles. The Morgan fingerprint density at radius 2 is 1.59 bits per heavy atom. The maximum absolute atomic E-state index is 13.1. The van der Waals surface area contributed by atoms with E-state index in [0.29, 0.717) is 44.3 Å². The van der Waals surface area contributed by atoms with Gasteiger partial charge in [0.15, 0.2) is 6.61 Å². The summed E-state index contributed by atoms with van der Waals surface area (Å²) in [6.45, 7) is 0.639. The van der Waals surface area contributed by atoms with Crippen molar-refractivity contribution in [2.75, 3.05) is 13.2 Å². The molecular formula is C52H49N7O7. The summed E-state index contributed by atoms with van der Waals surface area (Å²) in [6.07, 6.45) is 6.70. The van der Waals surface area contributed by atoms with Crippen molar-refractivity contribution in [3.63, 3.8) is 0 Å². The van der Waals surface area contributed by atoms with E-state index in [1.807, 2.05) is 53.1 Å². The van der Waals surface area contributed by atoms with E-state index in [2.05, 4.69) is 63.4 Å². The van der Waals surface area contributed by atoms with Crippen LogP contribution in [0, 0.1) is 17.3 Å². The molecule has 2 aromatic heterocycles. The lowest BCUT2D eigenvalue weighted by molar-refractivity contribution is -0.136. The van der Waals surface area contributed by atoms with Crippen LogP contribution in [0.25, 0.3) is 33.4 Å². The molecule has 2 aliphatic heterocycles. The summed E-state index contributed by atoms with van der Waals surface area (Å²) >= 11 is 0.